The normalized spacial score (nSPS) is 14.9. The number of benzene rings is 1. The monoisotopic (exact) mass is 353 g/mol. The predicted octanol–water partition coefficient (Wildman–Crippen LogP) is 4.84. The fraction of sp³-hybridized carbons (Fsp3) is 0.571. The third-order valence-electron chi connectivity index (χ3n) is 2.90. The number of hydrogen-bond donors (Lipinski definition) is 1. The van der Waals surface area contributed by atoms with Gasteiger partial charge in [-0.1, -0.05) is 22.9 Å². The molecule has 6 heteroatoms. The standard InChI is InChI=1S/C14H19BrF3NO/c1-4-7-19-9(2)12-8-11(15)5-6-13(12)20-10(3)14(16,17)18/h5-6,8-10,19H,4,7H2,1-3H3. The molecule has 2 atom stereocenters. The highest BCUT2D eigenvalue weighted by Gasteiger charge is 2.38. The van der Waals surface area contributed by atoms with Crippen LogP contribution in [0.3, 0.4) is 0 Å². The van der Waals surface area contributed by atoms with Crippen LogP contribution in [0.15, 0.2) is 22.7 Å². The molecule has 0 aliphatic carbocycles. The molecule has 114 valence electrons. The fourth-order valence-corrected chi connectivity index (χ4v) is 2.07. The molecule has 0 saturated carbocycles. The van der Waals surface area contributed by atoms with E-state index >= 15 is 0 Å². The van der Waals surface area contributed by atoms with Crippen molar-refractivity contribution >= 4 is 15.9 Å². The Morgan fingerprint density at radius 2 is 1.95 bits per heavy atom. The Bertz CT molecular complexity index is 437. The van der Waals surface area contributed by atoms with Gasteiger partial charge in [0.25, 0.3) is 0 Å². The van der Waals surface area contributed by atoms with Crippen LogP contribution in [-0.4, -0.2) is 18.8 Å². The molecule has 0 aromatic heterocycles. The molecular weight excluding hydrogens is 335 g/mol. The van der Waals surface area contributed by atoms with Crippen LogP contribution in [0.25, 0.3) is 0 Å². The van der Waals surface area contributed by atoms with Crippen molar-refractivity contribution in [3.8, 4) is 5.75 Å². The topological polar surface area (TPSA) is 21.3 Å². The molecule has 1 N–H and O–H groups in total. The zero-order chi connectivity index (χ0) is 15.3. The summed E-state index contributed by atoms with van der Waals surface area (Å²) in [5, 5.41) is 3.25. The number of alkyl halides is 3. The van der Waals surface area contributed by atoms with Gasteiger partial charge >= 0.3 is 6.18 Å². The van der Waals surface area contributed by atoms with Gasteiger partial charge in [0.2, 0.25) is 0 Å². The van der Waals surface area contributed by atoms with Crippen LogP contribution in [0.2, 0.25) is 0 Å². The van der Waals surface area contributed by atoms with Gasteiger partial charge in [0.1, 0.15) is 5.75 Å². The first-order valence-corrected chi connectivity index (χ1v) is 7.31. The second kappa shape index (κ2) is 7.31. The Kier molecular flexibility index (Phi) is 6.33. The smallest absolute Gasteiger partial charge is 0.425 e. The van der Waals surface area contributed by atoms with E-state index in [-0.39, 0.29) is 11.8 Å². The van der Waals surface area contributed by atoms with Crippen molar-refractivity contribution in [3.05, 3.63) is 28.2 Å². The van der Waals surface area contributed by atoms with Gasteiger partial charge in [-0.25, -0.2) is 0 Å². The molecule has 0 heterocycles. The van der Waals surface area contributed by atoms with Crippen LogP contribution in [0.4, 0.5) is 13.2 Å². The van der Waals surface area contributed by atoms with Crippen LogP contribution in [0.5, 0.6) is 5.75 Å². The van der Waals surface area contributed by atoms with E-state index in [4.69, 9.17) is 4.74 Å². The van der Waals surface area contributed by atoms with Crippen LogP contribution >= 0.6 is 15.9 Å². The lowest BCUT2D eigenvalue weighted by Gasteiger charge is -2.23. The fourth-order valence-electron chi connectivity index (χ4n) is 1.69. The lowest BCUT2D eigenvalue weighted by atomic mass is 10.1. The summed E-state index contributed by atoms with van der Waals surface area (Å²) in [5.41, 5.74) is 0.712. The molecular formula is C14H19BrF3NO. The molecule has 1 aromatic carbocycles. The number of nitrogens with one attached hydrogen (secondary N) is 1. The van der Waals surface area contributed by atoms with Crippen molar-refractivity contribution in [2.24, 2.45) is 0 Å². The Morgan fingerprint density at radius 3 is 2.50 bits per heavy atom. The van der Waals surface area contributed by atoms with E-state index in [1.54, 1.807) is 18.2 Å². The Morgan fingerprint density at radius 1 is 1.30 bits per heavy atom. The highest BCUT2D eigenvalue weighted by molar-refractivity contribution is 9.10. The van der Waals surface area contributed by atoms with E-state index in [9.17, 15) is 13.2 Å². The van der Waals surface area contributed by atoms with Gasteiger partial charge in [-0.3, -0.25) is 0 Å². The van der Waals surface area contributed by atoms with Gasteiger partial charge in [-0.15, -0.1) is 0 Å². The molecule has 1 rings (SSSR count). The Labute approximate surface area is 125 Å². The van der Waals surface area contributed by atoms with Crippen LogP contribution in [-0.2, 0) is 0 Å². The number of rotatable bonds is 6. The molecule has 20 heavy (non-hydrogen) atoms. The zero-order valence-electron chi connectivity index (χ0n) is 11.7. The summed E-state index contributed by atoms with van der Waals surface area (Å²) >= 11 is 3.33. The van der Waals surface area contributed by atoms with Gasteiger partial charge < -0.3 is 10.1 Å². The predicted molar refractivity (Wildman–Crippen MR) is 77.0 cm³/mol. The van der Waals surface area contributed by atoms with E-state index in [0.29, 0.717) is 5.56 Å². The average molecular weight is 354 g/mol. The van der Waals surface area contributed by atoms with Crippen molar-refractivity contribution in [2.75, 3.05) is 6.54 Å². The lowest BCUT2D eigenvalue weighted by Crippen LogP contribution is -2.32. The molecule has 0 aliphatic heterocycles. The number of hydrogen-bond acceptors (Lipinski definition) is 2. The Hall–Kier alpha value is -0.750. The van der Waals surface area contributed by atoms with E-state index < -0.39 is 12.3 Å². The van der Waals surface area contributed by atoms with E-state index in [1.807, 2.05) is 13.8 Å². The molecule has 0 aliphatic rings. The summed E-state index contributed by atoms with van der Waals surface area (Å²) in [7, 11) is 0. The van der Waals surface area contributed by atoms with Gasteiger partial charge in [0, 0.05) is 16.1 Å². The summed E-state index contributed by atoms with van der Waals surface area (Å²) in [6, 6.07) is 4.94. The van der Waals surface area contributed by atoms with E-state index in [0.717, 1.165) is 24.4 Å². The summed E-state index contributed by atoms with van der Waals surface area (Å²) in [6.07, 6.45) is -5.25. The quantitative estimate of drug-likeness (QED) is 0.789. The van der Waals surface area contributed by atoms with Gasteiger partial charge in [-0.05, 0) is 45.0 Å². The van der Waals surface area contributed by atoms with Crippen LogP contribution in [0, 0.1) is 0 Å². The minimum atomic E-state index is -4.37. The number of ether oxygens (including phenoxy) is 1. The third-order valence-corrected chi connectivity index (χ3v) is 3.40. The lowest BCUT2D eigenvalue weighted by molar-refractivity contribution is -0.189. The van der Waals surface area contributed by atoms with E-state index in [1.165, 1.54) is 0 Å². The minimum absolute atomic E-state index is 0.0807. The second-order valence-corrected chi connectivity index (χ2v) is 5.58. The second-order valence-electron chi connectivity index (χ2n) is 4.66. The summed E-state index contributed by atoms with van der Waals surface area (Å²) in [5.74, 6) is 0.258. The summed E-state index contributed by atoms with van der Waals surface area (Å²) < 4.78 is 43.7. The summed E-state index contributed by atoms with van der Waals surface area (Å²) in [6.45, 7) is 5.74. The zero-order valence-corrected chi connectivity index (χ0v) is 13.3. The van der Waals surface area contributed by atoms with Gasteiger partial charge in [0.05, 0.1) is 0 Å². The van der Waals surface area contributed by atoms with Crippen molar-refractivity contribution in [1.82, 2.24) is 5.32 Å². The maximum atomic E-state index is 12.6. The molecule has 0 amide bonds. The molecule has 0 fully saturated rings. The molecule has 0 spiro atoms. The highest BCUT2D eigenvalue weighted by Crippen LogP contribution is 2.32. The van der Waals surface area contributed by atoms with Crippen LogP contribution < -0.4 is 10.1 Å². The maximum absolute atomic E-state index is 12.6. The van der Waals surface area contributed by atoms with E-state index in [2.05, 4.69) is 21.2 Å². The first-order chi connectivity index (χ1) is 9.25. The molecule has 2 nitrogen and oxygen atoms in total. The van der Waals surface area contributed by atoms with Gasteiger partial charge in [-0.2, -0.15) is 13.2 Å². The SMILES string of the molecule is CCCNC(C)c1cc(Br)ccc1OC(C)C(F)(F)F. The molecule has 0 saturated heterocycles. The van der Waals surface area contributed by atoms with Crippen LogP contribution in [0.1, 0.15) is 38.8 Å². The summed E-state index contributed by atoms with van der Waals surface area (Å²) in [4.78, 5) is 0. The third kappa shape index (κ3) is 4.98. The highest BCUT2D eigenvalue weighted by atomic mass is 79.9. The average Bonchev–Trinajstić information content (AvgIpc) is 2.36. The van der Waals surface area contributed by atoms with Crippen molar-refractivity contribution in [2.45, 2.75) is 45.5 Å². The molecule has 0 radical (unpaired) electrons. The molecule has 2 unspecified atom stereocenters. The first kappa shape index (κ1) is 17.3. The molecule has 0 bridgehead atoms. The van der Waals surface area contributed by atoms with Crippen molar-refractivity contribution < 1.29 is 17.9 Å². The maximum Gasteiger partial charge on any atom is 0.425 e. The van der Waals surface area contributed by atoms with Crippen molar-refractivity contribution in [1.29, 1.82) is 0 Å². The van der Waals surface area contributed by atoms with Gasteiger partial charge in [0.15, 0.2) is 6.10 Å². The first-order valence-electron chi connectivity index (χ1n) is 6.52. The Balaban J connectivity index is 2.95. The minimum Gasteiger partial charge on any atom is -0.481 e. The van der Waals surface area contributed by atoms with Crippen molar-refractivity contribution in [3.63, 3.8) is 0 Å². The number of halogens is 4. The largest absolute Gasteiger partial charge is 0.481 e. The molecule has 1 aromatic rings.